The van der Waals surface area contributed by atoms with Crippen LogP contribution in [-0.2, 0) is 16.1 Å². The fraction of sp³-hybridized carbons (Fsp3) is 0.571. The van der Waals surface area contributed by atoms with E-state index in [-0.39, 0.29) is 11.8 Å². The first kappa shape index (κ1) is 16.2. The number of carbonyl (C=O) groups excluding carboxylic acids is 1. The predicted octanol–water partition coefficient (Wildman–Crippen LogP) is 1.36. The van der Waals surface area contributed by atoms with E-state index < -0.39 is 12.0 Å². The van der Waals surface area contributed by atoms with Gasteiger partial charge in [-0.15, -0.1) is 0 Å². The molecule has 0 aliphatic carbocycles. The largest absolute Gasteiger partial charge is 0.480 e. The van der Waals surface area contributed by atoms with E-state index in [1.807, 2.05) is 13.8 Å². The third-order valence-corrected chi connectivity index (χ3v) is 2.91. The summed E-state index contributed by atoms with van der Waals surface area (Å²) in [6.45, 7) is 4.88. The number of hydrogen-bond donors (Lipinski definition) is 2. The maximum Gasteiger partial charge on any atom is 0.326 e. The Kier molecular flexibility index (Phi) is 6.24. The third-order valence-electron chi connectivity index (χ3n) is 2.91. The van der Waals surface area contributed by atoms with Crippen molar-refractivity contribution in [3.8, 4) is 0 Å². The summed E-state index contributed by atoms with van der Waals surface area (Å²) in [6, 6.07) is 2.55. The summed E-state index contributed by atoms with van der Waals surface area (Å²) in [4.78, 5) is 23.3. The van der Waals surface area contributed by atoms with E-state index in [9.17, 15) is 9.59 Å². The fourth-order valence-electron chi connectivity index (χ4n) is 1.93. The Hall–Kier alpha value is -1.82. The molecule has 1 atom stereocenters. The minimum absolute atomic E-state index is 0.191. The second kappa shape index (κ2) is 7.69. The number of nitrogens with zero attached hydrogens (tertiary/aromatic N) is 1. The molecule has 2 N–H and O–H groups in total. The molecule has 0 aromatic carbocycles. The van der Waals surface area contributed by atoms with Gasteiger partial charge < -0.3 is 19.7 Å². The molecular weight excluding hydrogens is 260 g/mol. The molecule has 0 bridgehead atoms. The number of carbonyl (C=O) groups is 2. The van der Waals surface area contributed by atoms with E-state index >= 15 is 0 Å². The number of carboxylic acids is 1. The Morgan fingerprint density at radius 2 is 2.15 bits per heavy atom. The lowest BCUT2D eigenvalue weighted by Gasteiger charge is -2.17. The van der Waals surface area contributed by atoms with Crippen molar-refractivity contribution in [3.63, 3.8) is 0 Å². The number of methoxy groups -OCH3 is 1. The lowest BCUT2D eigenvalue weighted by Crippen LogP contribution is -2.42. The molecule has 1 rings (SSSR count). The minimum Gasteiger partial charge on any atom is -0.480 e. The van der Waals surface area contributed by atoms with Gasteiger partial charge in [0.15, 0.2) is 0 Å². The smallest absolute Gasteiger partial charge is 0.326 e. The average molecular weight is 282 g/mol. The molecule has 0 fully saturated rings. The highest BCUT2D eigenvalue weighted by Crippen LogP contribution is 2.08. The van der Waals surface area contributed by atoms with Gasteiger partial charge in [-0.3, -0.25) is 4.79 Å². The van der Waals surface area contributed by atoms with Gasteiger partial charge in [0.05, 0.1) is 6.61 Å². The Morgan fingerprint density at radius 3 is 2.70 bits per heavy atom. The second-order valence-electron chi connectivity index (χ2n) is 5.07. The van der Waals surface area contributed by atoms with Crippen LogP contribution in [0.4, 0.5) is 0 Å². The van der Waals surface area contributed by atoms with E-state index in [2.05, 4.69) is 5.32 Å². The normalized spacial score (nSPS) is 12.4. The number of ether oxygens (including phenoxy) is 1. The first-order valence-corrected chi connectivity index (χ1v) is 6.63. The van der Waals surface area contributed by atoms with E-state index in [0.29, 0.717) is 25.3 Å². The van der Waals surface area contributed by atoms with Crippen molar-refractivity contribution in [2.45, 2.75) is 32.9 Å². The van der Waals surface area contributed by atoms with Crippen molar-refractivity contribution in [1.82, 2.24) is 9.88 Å². The van der Waals surface area contributed by atoms with Crippen LogP contribution in [0.25, 0.3) is 0 Å². The predicted molar refractivity (Wildman–Crippen MR) is 74.7 cm³/mol. The first-order chi connectivity index (χ1) is 9.45. The maximum atomic E-state index is 12.2. The van der Waals surface area contributed by atoms with Crippen LogP contribution < -0.4 is 5.32 Å². The highest BCUT2D eigenvalue weighted by atomic mass is 16.5. The zero-order chi connectivity index (χ0) is 15.1. The lowest BCUT2D eigenvalue weighted by atomic mass is 10.0. The SMILES string of the molecule is COCCn1cccc1C(=O)NC(CC(C)C)C(=O)O. The number of nitrogens with one attached hydrogen (secondary N) is 1. The van der Waals surface area contributed by atoms with E-state index in [4.69, 9.17) is 9.84 Å². The van der Waals surface area contributed by atoms with Crippen LogP contribution in [0.15, 0.2) is 18.3 Å². The van der Waals surface area contributed by atoms with Crippen molar-refractivity contribution >= 4 is 11.9 Å². The highest BCUT2D eigenvalue weighted by Gasteiger charge is 2.22. The van der Waals surface area contributed by atoms with Gasteiger partial charge in [0.2, 0.25) is 0 Å². The molecule has 0 aliphatic heterocycles. The van der Waals surface area contributed by atoms with Crippen LogP contribution in [0.5, 0.6) is 0 Å². The molecule has 6 nitrogen and oxygen atoms in total. The standard InChI is InChI=1S/C14H22N2O4/c1-10(2)9-11(14(18)19)15-13(17)12-5-4-6-16(12)7-8-20-3/h4-6,10-11H,7-9H2,1-3H3,(H,15,17)(H,18,19). The summed E-state index contributed by atoms with van der Waals surface area (Å²) in [7, 11) is 1.59. The number of rotatable bonds is 8. The monoisotopic (exact) mass is 282 g/mol. The fourth-order valence-corrected chi connectivity index (χ4v) is 1.93. The summed E-state index contributed by atoms with van der Waals surface area (Å²) in [5.74, 6) is -1.20. The lowest BCUT2D eigenvalue weighted by molar-refractivity contribution is -0.139. The maximum absolute atomic E-state index is 12.2. The van der Waals surface area contributed by atoms with Gasteiger partial charge in [0.25, 0.3) is 5.91 Å². The summed E-state index contributed by atoms with van der Waals surface area (Å²) >= 11 is 0. The molecule has 1 amide bonds. The van der Waals surface area contributed by atoms with Crippen LogP contribution >= 0.6 is 0 Å². The van der Waals surface area contributed by atoms with Gasteiger partial charge in [0.1, 0.15) is 11.7 Å². The van der Waals surface area contributed by atoms with Crippen LogP contribution in [0.3, 0.4) is 0 Å². The van der Waals surface area contributed by atoms with Crippen molar-refractivity contribution < 1.29 is 19.4 Å². The summed E-state index contributed by atoms with van der Waals surface area (Å²) in [5, 5.41) is 11.7. The van der Waals surface area contributed by atoms with Crippen LogP contribution in [0.2, 0.25) is 0 Å². The Morgan fingerprint density at radius 1 is 1.45 bits per heavy atom. The minimum atomic E-state index is -1.01. The van der Waals surface area contributed by atoms with Gasteiger partial charge in [-0.05, 0) is 24.5 Å². The zero-order valence-electron chi connectivity index (χ0n) is 12.1. The molecule has 0 radical (unpaired) electrons. The third kappa shape index (κ3) is 4.70. The van der Waals surface area contributed by atoms with E-state index in [0.717, 1.165) is 0 Å². The summed E-state index contributed by atoms with van der Waals surface area (Å²) in [6.07, 6.45) is 2.17. The number of aliphatic carboxylic acids is 1. The quantitative estimate of drug-likeness (QED) is 0.754. The number of amides is 1. The van der Waals surface area contributed by atoms with Gasteiger partial charge in [-0.1, -0.05) is 13.8 Å². The topological polar surface area (TPSA) is 80.6 Å². The van der Waals surface area contributed by atoms with Crippen LogP contribution in [0.1, 0.15) is 30.8 Å². The highest BCUT2D eigenvalue weighted by molar-refractivity contribution is 5.95. The van der Waals surface area contributed by atoms with Crippen molar-refractivity contribution in [2.75, 3.05) is 13.7 Å². The van der Waals surface area contributed by atoms with Crippen molar-refractivity contribution in [2.24, 2.45) is 5.92 Å². The Bertz CT molecular complexity index is 454. The molecule has 1 heterocycles. The molecule has 0 spiro atoms. The number of aromatic nitrogens is 1. The average Bonchev–Trinajstić information content (AvgIpc) is 2.83. The summed E-state index contributed by atoms with van der Waals surface area (Å²) < 4.78 is 6.72. The zero-order valence-corrected chi connectivity index (χ0v) is 12.1. The molecule has 1 aromatic heterocycles. The number of hydrogen-bond acceptors (Lipinski definition) is 3. The van der Waals surface area contributed by atoms with Crippen LogP contribution in [0, 0.1) is 5.92 Å². The van der Waals surface area contributed by atoms with Gasteiger partial charge in [0, 0.05) is 19.9 Å². The molecule has 0 saturated heterocycles. The molecule has 6 heteroatoms. The Labute approximate surface area is 118 Å². The molecule has 1 unspecified atom stereocenters. The molecule has 0 saturated carbocycles. The van der Waals surface area contributed by atoms with Crippen molar-refractivity contribution in [3.05, 3.63) is 24.0 Å². The van der Waals surface area contributed by atoms with Gasteiger partial charge >= 0.3 is 5.97 Å². The second-order valence-corrected chi connectivity index (χ2v) is 5.07. The van der Waals surface area contributed by atoms with Gasteiger partial charge in [-0.2, -0.15) is 0 Å². The van der Waals surface area contributed by atoms with Crippen LogP contribution in [-0.4, -0.2) is 41.3 Å². The van der Waals surface area contributed by atoms with Crippen molar-refractivity contribution in [1.29, 1.82) is 0 Å². The molecule has 112 valence electrons. The molecule has 0 aliphatic rings. The Balaban J connectivity index is 2.73. The molecule has 20 heavy (non-hydrogen) atoms. The molecule has 1 aromatic rings. The van der Waals surface area contributed by atoms with E-state index in [1.165, 1.54) is 0 Å². The first-order valence-electron chi connectivity index (χ1n) is 6.63. The number of carboxylic acid groups (broad SMARTS) is 1. The van der Waals surface area contributed by atoms with Gasteiger partial charge in [-0.25, -0.2) is 4.79 Å². The molecular formula is C14H22N2O4. The summed E-state index contributed by atoms with van der Waals surface area (Å²) in [5.41, 5.74) is 0.442. The van der Waals surface area contributed by atoms with E-state index in [1.54, 1.807) is 30.0 Å².